The fourth-order valence-electron chi connectivity index (χ4n) is 3.54. The molecule has 2 atom stereocenters. The molecule has 0 fully saturated rings. The molecule has 0 heterocycles. The molecule has 0 amide bonds. The Hall–Kier alpha value is -1.72. The minimum atomic E-state index is 0.318. The van der Waals surface area contributed by atoms with Gasteiger partial charge in [-0.2, -0.15) is 0 Å². The number of hydrogen-bond donors (Lipinski definition) is 0. The maximum absolute atomic E-state index is 5.90. The van der Waals surface area contributed by atoms with Gasteiger partial charge in [-0.25, -0.2) is 0 Å². The van der Waals surface area contributed by atoms with Crippen molar-refractivity contribution in [1.82, 2.24) is 0 Å². The molecule has 25 heavy (non-hydrogen) atoms. The third-order valence-corrected chi connectivity index (χ3v) is 4.87. The molecule has 2 unspecified atom stereocenters. The van der Waals surface area contributed by atoms with Crippen LogP contribution in [0.1, 0.15) is 54.4 Å². The lowest BCUT2D eigenvalue weighted by molar-refractivity contribution is 0.123. The van der Waals surface area contributed by atoms with Crippen LogP contribution in [0.5, 0.6) is 0 Å². The van der Waals surface area contributed by atoms with Gasteiger partial charge in [-0.1, -0.05) is 71.9 Å². The fourth-order valence-corrected chi connectivity index (χ4v) is 3.54. The Balaban J connectivity index is 1.96. The lowest BCUT2D eigenvalue weighted by Crippen LogP contribution is -2.31. The highest BCUT2D eigenvalue weighted by Crippen LogP contribution is 2.43. The summed E-state index contributed by atoms with van der Waals surface area (Å²) in [5, 5.41) is 0. The summed E-state index contributed by atoms with van der Waals surface area (Å²) in [7, 11) is 0. The van der Waals surface area contributed by atoms with Crippen LogP contribution in [-0.2, 0) is 4.74 Å². The summed E-state index contributed by atoms with van der Waals surface area (Å²) in [5.41, 5.74) is 5.02. The Bertz CT molecular complexity index is 635. The van der Waals surface area contributed by atoms with E-state index in [1.807, 2.05) is 30.4 Å². The zero-order valence-corrected chi connectivity index (χ0v) is 16.8. The number of rotatable bonds is 5. The third-order valence-electron chi connectivity index (χ3n) is 4.87. The molecule has 2 aliphatic carbocycles. The lowest BCUT2D eigenvalue weighted by Gasteiger charge is -2.40. The Morgan fingerprint density at radius 3 is 2.52 bits per heavy atom. The van der Waals surface area contributed by atoms with Gasteiger partial charge in [0, 0.05) is 6.08 Å². The Labute approximate surface area is 154 Å². The maximum Gasteiger partial charge on any atom is 0.127 e. The Kier molecular flexibility index (Phi) is 6.36. The van der Waals surface area contributed by atoms with Gasteiger partial charge in [0.1, 0.15) is 12.4 Å². The fraction of sp³-hybridized carbons (Fsp3) is 0.542. The van der Waals surface area contributed by atoms with Crippen molar-refractivity contribution in [2.75, 3.05) is 6.61 Å². The predicted octanol–water partition coefficient (Wildman–Crippen LogP) is 6.77. The largest absolute Gasteiger partial charge is 0.488 e. The Morgan fingerprint density at radius 1 is 1.16 bits per heavy atom. The van der Waals surface area contributed by atoms with E-state index in [0.29, 0.717) is 29.3 Å². The summed E-state index contributed by atoms with van der Waals surface area (Å²) < 4.78 is 5.90. The van der Waals surface area contributed by atoms with Crippen molar-refractivity contribution in [1.29, 1.82) is 0 Å². The number of hydrogen-bond acceptors (Lipinski definition) is 1. The molecule has 0 saturated heterocycles. The number of allylic oxidation sites excluding steroid dienone is 6. The zero-order chi connectivity index (χ0) is 18.5. The average Bonchev–Trinajstić information content (AvgIpc) is 2.78. The van der Waals surface area contributed by atoms with Crippen LogP contribution >= 0.6 is 0 Å². The second-order valence-electron chi connectivity index (χ2n) is 9.50. The number of ether oxygens (including phenoxy) is 1. The predicted molar refractivity (Wildman–Crippen MR) is 108 cm³/mol. The highest BCUT2D eigenvalue weighted by Gasteiger charge is 2.34. The van der Waals surface area contributed by atoms with Gasteiger partial charge < -0.3 is 4.74 Å². The van der Waals surface area contributed by atoms with Crippen LogP contribution in [-0.4, -0.2) is 6.61 Å². The molecule has 0 radical (unpaired) electrons. The maximum atomic E-state index is 5.90. The molecule has 1 heteroatoms. The SMILES string of the molecule is CC(C)(C)CC(C1C=CC(COC2=CC=CC=C=C2)=CC1)C(C)(C)C. The van der Waals surface area contributed by atoms with E-state index in [1.165, 1.54) is 12.0 Å². The monoisotopic (exact) mass is 338 g/mol. The summed E-state index contributed by atoms with van der Waals surface area (Å²) in [6.07, 6.45) is 19.1. The smallest absolute Gasteiger partial charge is 0.127 e. The van der Waals surface area contributed by atoms with Crippen molar-refractivity contribution in [2.24, 2.45) is 22.7 Å². The van der Waals surface area contributed by atoms with Gasteiger partial charge in [-0.15, -0.1) is 5.73 Å². The first-order valence-electron chi connectivity index (χ1n) is 9.45. The van der Waals surface area contributed by atoms with Crippen molar-refractivity contribution >= 4 is 0 Å². The van der Waals surface area contributed by atoms with Gasteiger partial charge in [0.15, 0.2) is 0 Å². The van der Waals surface area contributed by atoms with Crippen molar-refractivity contribution in [3.63, 3.8) is 0 Å². The summed E-state index contributed by atoms with van der Waals surface area (Å²) >= 11 is 0. The van der Waals surface area contributed by atoms with E-state index < -0.39 is 0 Å². The molecule has 0 N–H and O–H groups in total. The van der Waals surface area contributed by atoms with Gasteiger partial charge in [0.25, 0.3) is 0 Å². The van der Waals surface area contributed by atoms with Gasteiger partial charge in [0.2, 0.25) is 0 Å². The first-order valence-corrected chi connectivity index (χ1v) is 9.45. The van der Waals surface area contributed by atoms with Crippen LogP contribution in [0.25, 0.3) is 0 Å². The highest BCUT2D eigenvalue weighted by molar-refractivity contribution is 5.28. The van der Waals surface area contributed by atoms with Crippen molar-refractivity contribution in [2.45, 2.75) is 54.4 Å². The van der Waals surface area contributed by atoms with Gasteiger partial charge in [-0.05, 0) is 53.2 Å². The molecule has 0 aliphatic heterocycles. The minimum absolute atomic E-state index is 0.318. The first-order chi connectivity index (χ1) is 11.6. The van der Waals surface area contributed by atoms with Crippen molar-refractivity contribution in [3.05, 3.63) is 65.7 Å². The van der Waals surface area contributed by atoms with Crippen LogP contribution < -0.4 is 0 Å². The molecule has 0 bridgehead atoms. The van der Waals surface area contributed by atoms with Crippen molar-refractivity contribution < 1.29 is 4.74 Å². The minimum Gasteiger partial charge on any atom is -0.488 e. The molecule has 0 aromatic carbocycles. The van der Waals surface area contributed by atoms with Gasteiger partial charge >= 0.3 is 0 Å². The molecule has 2 aliphatic rings. The van der Waals surface area contributed by atoms with E-state index in [4.69, 9.17) is 4.74 Å². The molecule has 0 aromatic heterocycles. The van der Waals surface area contributed by atoms with Gasteiger partial charge in [-0.3, -0.25) is 0 Å². The van der Waals surface area contributed by atoms with Crippen LogP contribution in [0, 0.1) is 22.7 Å². The molecule has 0 spiro atoms. The molecule has 2 rings (SSSR count). The molecule has 136 valence electrons. The van der Waals surface area contributed by atoms with Crippen LogP contribution in [0.15, 0.2) is 65.7 Å². The summed E-state index contributed by atoms with van der Waals surface area (Å²) in [5.74, 6) is 2.16. The lowest BCUT2D eigenvalue weighted by atomic mass is 9.65. The molecule has 1 nitrogen and oxygen atoms in total. The molecular formula is C24H34O. The average molecular weight is 339 g/mol. The second-order valence-corrected chi connectivity index (χ2v) is 9.50. The zero-order valence-electron chi connectivity index (χ0n) is 16.8. The second kappa shape index (κ2) is 8.11. The molecule has 0 aromatic rings. The quantitative estimate of drug-likeness (QED) is 0.503. The third kappa shape index (κ3) is 6.59. The van der Waals surface area contributed by atoms with E-state index in [0.717, 1.165) is 12.2 Å². The summed E-state index contributed by atoms with van der Waals surface area (Å²) in [6.45, 7) is 14.8. The van der Waals surface area contributed by atoms with E-state index in [2.05, 4.69) is 65.5 Å². The highest BCUT2D eigenvalue weighted by atomic mass is 16.5. The first kappa shape index (κ1) is 19.6. The van der Waals surface area contributed by atoms with Crippen molar-refractivity contribution in [3.8, 4) is 0 Å². The standard InChI is InChI=1S/C24H34O/c1-23(2,3)17-22(24(4,5)6)20-15-13-19(14-16-20)18-25-21-11-9-7-8-10-12-21/h7-9,11-15,20,22H,16-18H2,1-6H3. The summed E-state index contributed by atoms with van der Waals surface area (Å²) in [6, 6.07) is 0. The van der Waals surface area contributed by atoms with Crippen LogP contribution in [0.2, 0.25) is 0 Å². The van der Waals surface area contributed by atoms with E-state index in [-0.39, 0.29) is 0 Å². The van der Waals surface area contributed by atoms with Crippen LogP contribution in [0.3, 0.4) is 0 Å². The van der Waals surface area contributed by atoms with E-state index >= 15 is 0 Å². The normalized spacial score (nSPS) is 21.6. The molecular weight excluding hydrogens is 304 g/mol. The van der Waals surface area contributed by atoms with Gasteiger partial charge in [0.05, 0.1) is 0 Å². The van der Waals surface area contributed by atoms with E-state index in [1.54, 1.807) is 0 Å². The Morgan fingerprint density at radius 2 is 1.92 bits per heavy atom. The topological polar surface area (TPSA) is 9.23 Å². The van der Waals surface area contributed by atoms with E-state index in [9.17, 15) is 0 Å². The molecule has 0 saturated carbocycles. The summed E-state index contributed by atoms with van der Waals surface area (Å²) in [4.78, 5) is 0. The van der Waals surface area contributed by atoms with Crippen LogP contribution in [0.4, 0.5) is 0 Å².